The first-order chi connectivity index (χ1) is 17.5. The van der Waals surface area contributed by atoms with E-state index in [9.17, 15) is 24.5 Å². The summed E-state index contributed by atoms with van der Waals surface area (Å²) in [4.78, 5) is 13.8. The molecule has 4 aromatic rings. The van der Waals surface area contributed by atoms with Gasteiger partial charge in [-0.05, 0) is 78.4 Å². The summed E-state index contributed by atoms with van der Waals surface area (Å²) in [6.45, 7) is 0. The van der Waals surface area contributed by atoms with Crippen LogP contribution in [-0.4, -0.2) is 21.7 Å². The van der Waals surface area contributed by atoms with Gasteiger partial charge in [-0.1, -0.05) is 54.6 Å². The number of hydrogen-bond donors (Lipinski definition) is 3. The molecule has 0 aliphatic rings. The molecule has 0 fully saturated rings. The average molecular weight is 486 g/mol. The Hall–Kier alpha value is -4.16. The van der Waals surface area contributed by atoms with Crippen LogP contribution in [0.3, 0.4) is 0 Å². The number of hydrogen-bond acceptors (Lipinski definition) is 4. The Morgan fingerprint density at radius 2 is 1.53 bits per heavy atom. The van der Waals surface area contributed by atoms with E-state index in [1.54, 1.807) is 47.4 Å². The summed E-state index contributed by atoms with van der Waals surface area (Å²) < 4.78 is 13.2. The van der Waals surface area contributed by atoms with Crippen LogP contribution >= 0.6 is 0 Å². The fourth-order valence-corrected chi connectivity index (χ4v) is 4.41. The van der Waals surface area contributed by atoms with Gasteiger partial charge in [0.1, 0.15) is 17.3 Å². The van der Waals surface area contributed by atoms with Gasteiger partial charge in [0, 0.05) is 11.3 Å². The van der Waals surface area contributed by atoms with Crippen LogP contribution < -0.4 is 4.90 Å². The first kappa shape index (κ1) is 24.9. The SMILES string of the molecule is O=CN(c1ccccc1)[C@@H](CCC[C@H](O)c1ccc(F)cc1)c1ccc(-c2cccc(O)c2)cc1O. The molecule has 0 unspecified atom stereocenters. The Bertz CT molecular complexity index is 1290. The molecule has 0 aromatic heterocycles. The van der Waals surface area contributed by atoms with Crippen LogP contribution in [-0.2, 0) is 4.79 Å². The van der Waals surface area contributed by atoms with Crippen LogP contribution in [0.5, 0.6) is 11.5 Å². The van der Waals surface area contributed by atoms with E-state index in [0.717, 1.165) is 17.5 Å². The van der Waals surface area contributed by atoms with Crippen molar-refractivity contribution in [3.63, 3.8) is 0 Å². The maximum absolute atomic E-state index is 13.2. The first-order valence-electron chi connectivity index (χ1n) is 11.8. The summed E-state index contributed by atoms with van der Waals surface area (Å²) in [5, 5.41) is 31.4. The van der Waals surface area contributed by atoms with Gasteiger partial charge in [-0.3, -0.25) is 4.79 Å². The number of phenols is 2. The van der Waals surface area contributed by atoms with Gasteiger partial charge in [-0.25, -0.2) is 4.39 Å². The lowest BCUT2D eigenvalue weighted by Gasteiger charge is -2.30. The van der Waals surface area contributed by atoms with Crippen molar-refractivity contribution in [2.45, 2.75) is 31.4 Å². The Morgan fingerprint density at radius 3 is 2.19 bits per heavy atom. The van der Waals surface area contributed by atoms with Crippen LogP contribution in [0.15, 0.2) is 97.1 Å². The van der Waals surface area contributed by atoms with E-state index in [2.05, 4.69) is 0 Å². The summed E-state index contributed by atoms with van der Waals surface area (Å²) >= 11 is 0. The molecule has 184 valence electrons. The predicted octanol–water partition coefficient (Wildman–Crippen LogP) is 6.51. The van der Waals surface area contributed by atoms with Crippen molar-refractivity contribution in [3.8, 4) is 22.6 Å². The normalized spacial score (nSPS) is 12.6. The third-order valence-electron chi connectivity index (χ3n) is 6.28. The third-order valence-corrected chi connectivity index (χ3v) is 6.28. The quantitative estimate of drug-likeness (QED) is 0.224. The zero-order valence-electron chi connectivity index (χ0n) is 19.7. The molecule has 0 aliphatic carbocycles. The van der Waals surface area contributed by atoms with Crippen LogP contribution in [0.25, 0.3) is 11.1 Å². The van der Waals surface area contributed by atoms with Gasteiger partial charge < -0.3 is 20.2 Å². The number of nitrogens with zero attached hydrogens (tertiary/aromatic N) is 1. The Balaban J connectivity index is 1.60. The lowest BCUT2D eigenvalue weighted by atomic mass is 9.94. The number of benzene rings is 4. The molecule has 3 N–H and O–H groups in total. The standard InChI is InChI=1S/C30H28FNO4/c31-24-15-12-21(13-16-24)29(35)11-5-10-28(32(20-33)25-7-2-1-3-8-25)27-17-14-23(19-30(27)36)22-6-4-9-26(34)18-22/h1-4,6-9,12-20,28-29,34-36H,5,10-11H2/t28-,29-/m0/s1. The van der Waals surface area contributed by atoms with Crippen molar-refractivity contribution >= 4 is 12.1 Å². The van der Waals surface area contributed by atoms with Crippen molar-refractivity contribution in [2.75, 3.05) is 4.90 Å². The lowest BCUT2D eigenvalue weighted by Crippen LogP contribution is -2.27. The fraction of sp³-hybridized carbons (Fsp3) is 0.167. The number of anilines is 1. The van der Waals surface area contributed by atoms with Crippen molar-refractivity contribution < 1.29 is 24.5 Å². The van der Waals surface area contributed by atoms with Gasteiger partial charge in [0.05, 0.1) is 12.1 Å². The van der Waals surface area contributed by atoms with Gasteiger partial charge in [0.15, 0.2) is 0 Å². The van der Waals surface area contributed by atoms with E-state index < -0.39 is 12.1 Å². The molecule has 1 amide bonds. The van der Waals surface area contributed by atoms with Crippen molar-refractivity contribution in [1.82, 2.24) is 0 Å². The highest BCUT2D eigenvalue weighted by Gasteiger charge is 2.24. The van der Waals surface area contributed by atoms with E-state index in [1.807, 2.05) is 42.5 Å². The zero-order valence-corrected chi connectivity index (χ0v) is 19.7. The van der Waals surface area contributed by atoms with Gasteiger partial charge in [-0.2, -0.15) is 0 Å². The molecule has 0 saturated carbocycles. The molecule has 0 saturated heterocycles. The average Bonchev–Trinajstić information content (AvgIpc) is 2.89. The molecule has 4 aromatic carbocycles. The fourth-order valence-electron chi connectivity index (χ4n) is 4.41. The molecular formula is C30H28FNO4. The molecule has 2 atom stereocenters. The number of para-hydroxylation sites is 1. The summed E-state index contributed by atoms with van der Waals surface area (Å²) in [6, 6.07) is 26.5. The molecule has 0 spiro atoms. The molecule has 5 nitrogen and oxygen atoms in total. The number of carbonyl (C=O) groups is 1. The summed E-state index contributed by atoms with van der Waals surface area (Å²) in [5.74, 6) is -0.201. The molecular weight excluding hydrogens is 457 g/mol. The lowest BCUT2D eigenvalue weighted by molar-refractivity contribution is -0.108. The molecule has 0 radical (unpaired) electrons. The zero-order chi connectivity index (χ0) is 25.5. The minimum Gasteiger partial charge on any atom is -0.508 e. The number of aromatic hydroxyl groups is 2. The minimum atomic E-state index is -0.769. The number of aliphatic hydroxyl groups is 1. The van der Waals surface area contributed by atoms with Crippen molar-refractivity contribution in [2.24, 2.45) is 0 Å². The maximum atomic E-state index is 13.2. The molecule has 36 heavy (non-hydrogen) atoms. The number of amides is 1. The molecule has 4 rings (SSSR count). The molecule has 6 heteroatoms. The first-order valence-corrected chi connectivity index (χ1v) is 11.8. The third kappa shape index (κ3) is 5.90. The number of phenolic OH excluding ortho intramolecular Hbond substituents is 2. The number of halogens is 1. The van der Waals surface area contributed by atoms with Crippen LogP contribution in [0, 0.1) is 5.82 Å². The van der Waals surface area contributed by atoms with Crippen molar-refractivity contribution in [1.29, 1.82) is 0 Å². The molecule has 0 aliphatic heterocycles. The van der Waals surface area contributed by atoms with E-state index in [0.29, 0.717) is 36.1 Å². The van der Waals surface area contributed by atoms with Crippen LogP contribution in [0.4, 0.5) is 10.1 Å². The van der Waals surface area contributed by atoms with E-state index in [4.69, 9.17) is 0 Å². The largest absolute Gasteiger partial charge is 0.508 e. The number of carbonyl (C=O) groups excluding carboxylic acids is 1. The summed E-state index contributed by atoms with van der Waals surface area (Å²) in [6.07, 6.45) is 1.42. The number of aliphatic hydroxyl groups excluding tert-OH is 1. The Kier molecular flexibility index (Phi) is 7.98. The van der Waals surface area contributed by atoms with Gasteiger partial charge in [0.25, 0.3) is 0 Å². The van der Waals surface area contributed by atoms with Crippen LogP contribution in [0.2, 0.25) is 0 Å². The topological polar surface area (TPSA) is 81.0 Å². The Labute approximate surface area is 209 Å². The highest BCUT2D eigenvalue weighted by Crippen LogP contribution is 2.38. The maximum Gasteiger partial charge on any atom is 0.214 e. The van der Waals surface area contributed by atoms with E-state index in [-0.39, 0.29) is 17.3 Å². The second-order valence-electron chi connectivity index (χ2n) is 8.69. The van der Waals surface area contributed by atoms with Gasteiger partial charge in [0.2, 0.25) is 6.41 Å². The molecule has 0 heterocycles. The van der Waals surface area contributed by atoms with Crippen molar-refractivity contribution in [3.05, 3.63) is 114 Å². The second kappa shape index (κ2) is 11.5. The van der Waals surface area contributed by atoms with E-state index >= 15 is 0 Å². The highest BCUT2D eigenvalue weighted by atomic mass is 19.1. The number of rotatable bonds is 10. The summed E-state index contributed by atoms with van der Waals surface area (Å²) in [7, 11) is 0. The second-order valence-corrected chi connectivity index (χ2v) is 8.69. The van der Waals surface area contributed by atoms with Gasteiger partial charge in [-0.15, -0.1) is 0 Å². The summed E-state index contributed by atoms with van der Waals surface area (Å²) in [5.41, 5.74) is 3.38. The van der Waals surface area contributed by atoms with Gasteiger partial charge >= 0.3 is 0 Å². The smallest absolute Gasteiger partial charge is 0.214 e. The van der Waals surface area contributed by atoms with E-state index in [1.165, 1.54) is 12.1 Å². The predicted molar refractivity (Wildman–Crippen MR) is 138 cm³/mol. The minimum absolute atomic E-state index is 0.0303. The monoisotopic (exact) mass is 485 g/mol. The molecule has 0 bridgehead atoms. The van der Waals surface area contributed by atoms with Crippen LogP contribution in [0.1, 0.15) is 42.5 Å². The Morgan fingerprint density at radius 1 is 0.806 bits per heavy atom. The highest BCUT2D eigenvalue weighted by molar-refractivity contribution is 5.77.